The van der Waals surface area contributed by atoms with E-state index < -0.39 is 34.4 Å². The van der Waals surface area contributed by atoms with Crippen LogP contribution < -0.4 is 5.32 Å². The SMILES string of the molecule is Cn1cc([N+](=O)[O-])c(C2(F)CCC(O)C(NC(=O)OC(C)(C)C)CC2)n1. The first-order valence-electron chi connectivity index (χ1n) is 8.46. The van der Waals surface area contributed by atoms with E-state index in [1.807, 2.05) is 0 Å². The van der Waals surface area contributed by atoms with Crippen LogP contribution in [0.4, 0.5) is 14.9 Å². The lowest BCUT2D eigenvalue weighted by molar-refractivity contribution is -0.386. The van der Waals surface area contributed by atoms with Gasteiger partial charge in [0.05, 0.1) is 17.1 Å². The topological polar surface area (TPSA) is 120 Å². The molecule has 1 aliphatic carbocycles. The number of ether oxygens (including phenoxy) is 1. The van der Waals surface area contributed by atoms with Gasteiger partial charge in [0, 0.05) is 7.05 Å². The normalized spacial score (nSPS) is 26.8. The molecule has 3 atom stereocenters. The Labute approximate surface area is 150 Å². The fraction of sp³-hybridized carbons (Fsp3) is 0.750. The third-order valence-corrected chi connectivity index (χ3v) is 4.29. The van der Waals surface area contributed by atoms with Gasteiger partial charge in [-0.05, 0) is 46.5 Å². The van der Waals surface area contributed by atoms with Gasteiger partial charge in [-0.1, -0.05) is 0 Å². The minimum atomic E-state index is -2.05. The van der Waals surface area contributed by atoms with Crippen molar-refractivity contribution in [3.63, 3.8) is 0 Å². The zero-order chi connectivity index (χ0) is 19.7. The number of aliphatic hydroxyl groups is 1. The van der Waals surface area contributed by atoms with Gasteiger partial charge in [-0.2, -0.15) is 5.10 Å². The number of carbonyl (C=O) groups is 1. The van der Waals surface area contributed by atoms with Gasteiger partial charge < -0.3 is 15.2 Å². The van der Waals surface area contributed by atoms with E-state index in [1.54, 1.807) is 20.8 Å². The van der Waals surface area contributed by atoms with Crippen LogP contribution in [0.5, 0.6) is 0 Å². The third-order valence-electron chi connectivity index (χ3n) is 4.29. The van der Waals surface area contributed by atoms with Crippen LogP contribution in [-0.2, 0) is 17.5 Å². The number of carbonyl (C=O) groups excluding carboxylic acids is 1. The Balaban J connectivity index is 2.15. The molecule has 1 aromatic heterocycles. The maximum Gasteiger partial charge on any atom is 0.407 e. The number of hydrogen-bond donors (Lipinski definition) is 2. The molecule has 2 rings (SSSR count). The Morgan fingerprint density at radius 1 is 1.50 bits per heavy atom. The van der Waals surface area contributed by atoms with Crippen LogP contribution in [-0.4, -0.2) is 43.7 Å². The van der Waals surface area contributed by atoms with Gasteiger partial charge in [0.25, 0.3) is 0 Å². The summed E-state index contributed by atoms with van der Waals surface area (Å²) in [6, 6.07) is -0.703. The van der Waals surface area contributed by atoms with Crippen molar-refractivity contribution < 1.29 is 24.0 Å². The standard InChI is InChI=1S/C16H25FN4O5/c1-15(2,3)26-14(23)18-10-5-7-16(17,8-6-12(10)22)13-11(21(24)25)9-20(4)19-13/h9-10,12,22H,5-8H2,1-4H3,(H,18,23). The zero-order valence-corrected chi connectivity index (χ0v) is 15.4. The van der Waals surface area contributed by atoms with Gasteiger partial charge in [-0.3, -0.25) is 14.8 Å². The summed E-state index contributed by atoms with van der Waals surface area (Å²) in [5.41, 5.74) is -3.37. The largest absolute Gasteiger partial charge is 0.444 e. The van der Waals surface area contributed by atoms with E-state index in [-0.39, 0.29) is 37.1 Å². The second-order valence-corrected chi connectivity index (χ2v) is 7.66. The first kappa shape index (κ1) is 20.1. The Morgan fingerprint density at radius 3 is 2.69 bits per heavy atom. The van der Waals surface area contributed by atoms with E-state index >= 15 is 4.39 Å². The van der Waals surface area contributed by atoms with E-state index in [1.165, 1.54) is 11.7 Å². The second kappa shape index (κ2) is 7.18. The maximum atomic E-state index is 15.5. The molecule has 9 nitrogen and oxygen atoms in total. The first-order chi connectivity index (χ1) is 11.9. The summed E-state index contributed by atoms with van der Waals surface area (Å²) in [4.78, 5) is 22.4. The van der Waals surface area contributed by atoms with Crippen molar-refractivity contribution in [1.29, 1.82) is 0 Å². The summed E-state index contributed by atoms with van der Waals surface area (Å²) in [5, 5.41) is 27.9. The van der Waals surface area contributed by atoms with Crippen LogP contribution in [0.1, 0.15) is 52.1 Å². The minimum absolute atomic E-state index is 0.0324. The molecule has 1 fully saturated rings. The third kappa shape index (κ3) is 4.69. The van der Waals surface area contributed by atoms with E-state index in [4.69, 9.17) is 4.74 Å². The van der Waals surface area contributed by atoms with E-state index in [2.05, 4.69) is 10.4 Å². The van der Waals surface area contributed by atoms with Gasteiger partial charge in [0.15, 0.2) is 11.4 Å². The molecule has 1 saturated carbocycles. The van der Waals surface area contributed by atoms with Gasteiger partial charge in [0.1, 0.15) is 11.8 Å². The van der Waals surface area contributed by atoms with Crippen molar-refractivity contribution >= 4 is 11.8 Å². The van der Waals surface area contributed by atoms with Crippen LogP contribution in [0.3, 0.4) is 0 Å². The van der Waals surface area contributed by atoms with Gasteiger partial charge in [-0.15, -0.1) is 0 Å². The molecular formula is C16H25FN4O5. The monoisotopic (exact) mass is 372 g/mol. The highest BCUT2D eigenvalue weighted by Gasteiger charge is 2.44. The molecule has 10 heteroatoms. The molecule has 0 spiro atoms. The fourth-order valence-corrected chi connectivity index (χ4v) is 3.07. The lowest BCUT2D eigenvalue weighted by atomic mass is 9.92. The molecule has 0 aromatic carbocycles. The molecule has 1 amide bonds. The lowest BCUT2D eigenvalue weighted by Gasteiger charge is -2.25. The van der Waals surface area contributed by atoms with Crippen molar-refractivity contribution in [2.24, 2.45) is 7.05 Å². The zero-order valence-electron chi connectivity index (χ0n) is 15.4. The molecule has 1 heterocycles. The van der Waals surface area contributed by atoms with E-state index in [9.17, 15) is 20.0 Å². The molecule has 0 radical (unpaired) electrons. The lowest BCUT2D eigenvalue weighted by Crippen LogP contribution is -2.44. The number of alkyl carbamates (subject to hydrolysis) is 1. The molecule has 146 valence electrons. The van der Waals surface area contributed by atoms with E-state index in [0.29, 0.717) is 0 Å². The minimum Gasteiger partial charge on any atom is -0.444 e. The number of aliphatic hydroxyl groups excluding tert-OH is 1. The Morgan fingerprint density at radius 2 is 2.12 bits per heavy atom. The number of alkyl halides is 1. The highest BCUT2D eigenvalue weighted by Crippen LogP contribution is 2.42. The van der Waals surface area contributed by atoms with Crippen LogP contribution in [0.15, 0.2) is 6.20 Å². The number of amides is 1. The number of halogens is 1. The summed E-state index contributed by atoms with van der Waals surface area (Å²) in [7, 11) is 1.48. The highest BCUT2D eigenvalue weighted by atomic mass is 19.1. The molecule has 0 bridgehead atoms. The molecule has 0 aliphatic heterocycles. The fourth-order valence-electron chi connectivity index (χ4n) is 3.07. The first-order valence-corrected chi connectivity index (χ1v) is 8.46. The molecule has 0 saturated heterocycles. The molecule has 3 unspecified atom stereocenters. The summed E-state index contributed by atoms with van der Waals surface area (Å²) in [6.45, 7) is 5.13. The predicted molar refractivity (Wildman–Crippen MR) is 90.3 cm³/mol. The van der Waals surface area contributed by atoms with Crippen molar-refractivity contribution in [3.05, 3.63) is 22.0 Å². The molecular weight excluding hydrogens is 347 g/mol. The highest BCUT2D eigenvalue weighted by molar-refractivity contribution is 5.68. The van der Waals surface area contributed by atoms with Crippen molar-refractivity contribution in [1.82, 2.24) is 15.1 Å². The number of nitrogens with one attached hydrogen (secondary N) is 1. The Kier molecular flexibility index (Phi) is 5.55. The summed E-state index contributed by atoms with van der Waals surface area (Å²) in [6.07, 6.45) is -0.621. The molecule has 26 heavy (non-hydrogen) atoms. The molecule has 2 N–H and O–H groups in total. The predicted octanol–water partition coefficient (Wildman–Crippen LogP) is 2.32. The van der Waals surface area contributed by atoms with Crippen molar-refractivity contribution in [2.45, 2.75) is 69.9 Å². The maximum absolute atomic E-state index is 15.5. The van der Waals surface area contributed by atoms with Gasteiger partial charge in [0.2, 0.25) is 0 Å². The van der Waals surface area contributed by atoms with Crippen LogP contribution in [0.2, 0.25) is 0 Å². The van der Waals surface area contributed by atoms with Gasteiger partial charge in [-0.25, -0.2) is 9.18 Å². The van der Waals surface area contributed by atoms with Crippen LogP contribution >= 0.6 is 0 Å². The number of nitro groups is 1. The number of nitrogens with zero attached hydrogens (tertiary/aromatic N) is 3. The van der Waals surface area contributed by atoms with Crippen LogP contribution in [0.25, 0.3) is 0 Å². The van der Waals surface area contributed by atoms with E-state index in [0.717, 1.165) is 6.20 Å². The van der Waals surface area contributed by atoms with Crippen LogP contribution in [0, 0.1) is 10.1 Å². The van der Waals surface area contributed by atoms with Crippen molar-refractivity contribution in [3.8, 4) is 0 Å². The number of aryl methyl sites for hydroxylation is 1. The molecule has 1 aliphatic rings. The number of aromatic nitrogens is 2. The second-order valence-electron chi connectivity index (χ2n) is 7.66. The smallest absolute Gasteiger partial charge is 0.407 e. The summed E-state index contributed by atoms with van der Waals surface area (Å²) >= 11 is 0. The average Bonchev–Trinajstić information content (AvgIpc) is 2.84. The van der Waals surface area contributed by atoms with Gasteiger partial charge >= 0.3 is 11.8 Å². The Hall–Kier alpha value is -2.23. The Bertz CT molecular complexity index is 687. The molecule has 1 aromatic rings. The number of hydrogen-bond acceptors (Lipinski definition) is 6. The summed E-state index contributed by atoms with van der Waals surface area (Å²) in [5.74, 6) is 0. The van der Waals surface area contributed by atoms with Crippen molar-refractivity contribution in [2.75, 3.05) is 0 Å². The quantitative estimate of drug-likeness (QED) is 0.477. The number of rotatable bonds is 3. The summed E-state index contributed by atoms with van der Waals surface area (Å²) < 4.78 is 21.9. The average molecular weight is 372 g/mol.